The number of rotatable bonds is 6. The van der Waals surface area contributed by atoms with Crippen LogP contribution in [0.15, 0.2) is 82.7 Å². The molecule has 1 aliphatic heterocycles. The number of hydrogen-bond donors (Lipinski definition) is 0. The van der Waals surface area contributed by atoms with E-state index in [1.165, 1.54) is 39.9 Å². The number of thiazole rings is 1. The van der Waals surface area contributed by atoms with Gasteiger partial charge in [-0.15, -0.1) is 0 Å². The Morgan fingerprint density at radius 2 is 1.73 bits per heavy atom. The van der Waals surface area contributed by atoms with Gasteiger partial charge in [0.25, 0.3) is 15.9 Å². The molecule has 37 heavy (non-hydrogen) atoms. The van der Waals surface area contributed by atoms with Crippen LogP contribution in [-0.2, 0) is 32.5 Å². The van der Waals surface area contributed by atoms with Crippen LogP contribution in [0.1, 0.15) is 29.3 Å². The Labute approximate surface area is 218 Å². The van der Waals surface area contributed by atoms with Gasteiger partial charge in [-0.2, -0.15) is 4.99 Å². The van der Waals surface area contributed by atoms with Crippen molar-refractivity contribution in [1.29, 1.82) is 0 Å². The lowest BCUT2D eigenvalue weighted by Crippen LogP contribution is -2.35. The number of sulfonamides is 1. The maximum Gasteiger partial charge on any atom is 0.326 e. The van der Waals surface area contributed by atoms with Crippen molar-refractivity contribution in [3.05, 3.63) is 88.7 Å². The van der Waals surface area contributed by atoms with Gasteiger partial charge in [-0.05, 0) is 67.8 Å². The quantitative estimate of drug-likeness (QED) is 0.346. The normalized spacial score (nSPS) is 14.0. The third-order valence-corrected chi connectivity index (χ3v) is 9.02. The fourth-order valence-electron chi connectivity index (χ4n) is 4.39. The van der Waals surface area contributed by atoms with E-state index in [0.717, 1.165) is 28.6 Å². The lowest BCUT2D eigenvalue weighted by Gasteiger charge is -2.30. The molecule has 0 spiro atoms. The van der Waals surface area contributed by atoms with E-state index < -0.39 is 21.9 Å². The second-order valence-corrected chi connectivity index (χ2v) is 11.4. The molecule has 0 saturated heterocycles. The zero-order chi connectivity index (χ0) is 26.0. The summed E-state index contributed by atoms with van der Waals surface area (Å²) in [5.74, 6) is -0.953. The number of para-hydroxylation sites is 2. The molecule has 0 radical (unpaired) electrons. The van der Waals surface area contributed by atoms with E-state index in [1.54, 1.807) is 11.5 Å². The standard InChI is InChI=1S/C27H25N3O5S2/c1-2-35-25(31)18-29-23-11-5-6-12-24(23)36-27(29)28-26(32)20-13-15-21(16-14-20)37(33,34)30-17-7-9-19-8-3-4-10-22(19)30/h3-6,8,10-16H,2,7,9,17-18H2,1H3. The molecular weight excluding hydrogens is 510 g/mol. The first-order chi connectivity index (χ1) is 17.9. The van der Waals surface area contributed by atoms with Crippen LogP contribution in [0.2, 0.25) is 0 Å². The van der Waals surface area contributed by atoms with E-state index in [-0.39, 0.29) is 23.6 Å². The van der Waals surface area contributed by atoms with Crippen molar-refractivity contribution >= 4 is 49.1 Å². The molecule has 0 saturated carbocycles. The van der Waals surface area contributed by atoms with Crippen molar-refractivity contribution in [3.8, 4) is 0 Å². The Bertz CT molecular complexity index is 1650. The summed E-state index contributed by atoms with van der Waals surface area (Å²) < 4.78 is 35.8. The maximum atomic E-state index is 13.4. The molecule has 2 heterocycles. The number of carbonyl (C=O) groups excluding carboxylic acids is 2. The van der Waals surface area contributed by atoms with Crippen LogP contribution in [0.5, 0.6) is 0 Å². The number of hydrogen-bond acceptors (Lipinski definition) is 6. The van der Waals surface area contributed by atoms with Gasteiger partial charge in [0, 0.05) is 12.1 Å². The molecule has 4 aromatic rings. The molecule has 8 nitrogen and oxygen atoms in total. The molecule has 0 atom stereocenters. The van der Waals surface area contributed by atoms with E-state index in [9.17, 15) is 18.0 Å². The van der Waals surface area contributed by atoms with Crippen LogP contribution in [-0.4, -0.2) is 38.0 Å². The minimum absolute atomic E-state index is 0.0710. The predicted octanol–water partition coefficient (Wildman–Crippen LogP) is 4.15. The summed E-state index contributed by atoms with van der Waals surface area (Å²) >= 11 is 1.29. The predicted molar refractivity (Wildman–Crippen MR) is 142 cm³/mol. The number of amides is 1. The van der Waals surface area contributed by atoms with E-state index in [2.05, 4.69) is 4.99 Å². The van der Waals surface area contributed by atoms with E-state index in [4.69, 9.17) is 4.74 Å². The molecule has 5 rings (SSSR count). The van der Waals surface area contributed by atoms with Crippen LogP contribution in [0.3, 0.4) is 0 Å². The average molecular weight is 536 g/mol. The minimum atomic E-state index is -3.78. The Hall–Kier alpha value is -3.76. The van der Waals surface area contributed by atoms with Crippen LogP contribution in [0, 0.1) is 0 Å². The van der Waals surface area contributed by atoms with Crippen LogP contribution in [0.25, 0.3) is 10.2 Å². The fourth-order valence-corrected chi connectivity index (χ4v) is 6.96. The van der Waals surface area contributed by atoms with Crippen LogP contribution >= 0.6 is 11.3 Å². The van der Waals surface area contributed by atoms with Crippen molar-refractivity contribution in [2.75, 3.05) is 17.5 Å². The monoisotopic (exact) mass is 535 g/mol. The van der Waals surface area contributed by atoms with E-state index in [1.807, 2.05) is 48.5 Å². The minimum Gasteiger partial charge on any atom is -0.465 e. The number of anilines is 1. The summed E-state index contributed by atoms with van der Waals surface area (Å²) in [6, 6.07) is 20.8. The summed E-state index contributed by atoms with van der Waals surface area (Å²) in [5, 5.41) is 0. The fraction of sp³-hybridized carbons (Fsp3) is 0.222. The van der Waals surface area contributed by atoms with Gasteiger partial charge >= 0.3 is 5.97 Å². The van der Waals surface area contributed by atoms with E-state index in [0.29, 0.717) is 17.0 Å². The largest absolute Gasteiger partial charge is 0.465 e. The first-order valence-corrected chi connectivity index (χ1v) is 14.2. The molecule has 0 fully saturated rings. The molecule has 0 aliphatic carbocycles. The Balaban J connectivity index is 1.45. The molecule has 1 aromatic heterocycles. The summed E-state index contributed by atoms with van der Waals surface area (Å²) in [5.41, 5.74) is 2.72. The molecular formula is C27H25N3O5S2. The molecule has 1 amide bonds. The highest BCUT2D eigenvalue weighted by Gasteiger charge is 2.29. The number of benzene rings is 3. The van der Waals surface area contributed by atoms with Gasteiger partial charge in [0.15, 0.2) is 4.80 Å². The number of aromatic nitrogens is 1. The summed E-state index contributed by atoms with van der Waals surface area (Å²) in [6.07, 6.45) is 1.58. The third-order valence-electron chi connectivity index (χ3n) is 6.13. The number of carbonyl (C=O) groups is 2. The summed E-state index contributed by atoms with van der Waals surface area (Å²) in [7, 11) is -3.78. The van der Waals surface area contributed by atoms with E-state index >= 15 is 0 Å². The average Bonchev–Trinajstić information content (AvgIpc) is 3.25. The highest BCUT2D eigenvalue weighted by Crippen LogP contribution is 2.31. The zero-order valence-electron chi connectivity index (χ0n) is 20.2. The van der Waals surface area contributed by atoms with Gasteiger partial charge in [-0.1, -0.05) is 41.7 Å². The lowest BCUT2D eigenvalue weighted by atomic mass is 10.0. The number of ether oxygens (including phenoxy) is 1. The first-order valence-electron chi connectivity index (χ1n) is 11.9. The van der Waals surface area contributed by atoms with Crippen LogP contribution < -0.4 is 9.11 Å². The van der Waals surface area contributed by atoms with Gasteiger partial charge in [-0.3, -0.25) is 13.9 Å². The van der Waals surface area contributed by atoms with Gasteiger partial charge in [0.2, 0.25) is 0 Å². The highest BCUT2D eigenvalue weighted by atomic mass is 32.2. The molecule has 190 valence electrons. The number of nitrogens with zero attached hydrogens (tertiary/aromatic N) is 3. The van der Waals surface area contributed by atoms with Crippen molar-refractivity contribution < 1.29 is 22.7 Å². The topological polar surface area (TPSA) is 98.0 Å². The number of esters is 1. The Kier molecular flexibility index (Phi) is 6.94. The Morgan fingerprint density at radius 3 is 2.51 bits per heavy atom. The molecule has 10 heteroatoms. The third kappa shape index (κ3) is 4.94. The smallest absolute Gasteiger partial charge is 0.326 e. The van der Waals surface area contributed by atoms with Crippen molar-refractivity contribution in [3.63, 3.8) is 0 Å². The van der Waals surface area contributed by atoms with Crippen molar-refractivity contribution in [2.24, 2.45) is 4.99 Å². The van der Waals surface area contributed by atoms with Crippen molar-refractivity contribution in [2.45, 2.75) is 31.2 Å². The second-order valence-electron chi connectivity index (χ2n) is 8.49. The first kappa shape index (κ1) is 24.9. The van der Waals surface area contributed by atoms with Gasteiger partial charge in [0.1, 0.15) is 6.54 Å². The maximum absolute atomic E-state index is 13.4. The summed E-state index contributed by atoms with van der Waals surface area (Å²) in [6.45, 7) is 2.32. The molecule has 3 aromatic carbocycles. The number of aryl methyl sites for hydroxylation is 1. The van der Waals surface area contributed by atoms with Crippen molar-refractivity contribution in [1.82, 2.24) is 4.57 Å². The van der Waals surface area contributed by atoms with Gasteiger partial charge in [0.05, 0.1) is 27.4 Å². The highest BCUT2D eigenvalue weighted by molar-refractivity contribution is 7.92. The summed E-state index contributed by atoms with van der Waals surface area (Å²) in [4.78, 5) is 29.9. The number of fused-ring (bicyclic) bond motifs is 2. The van der Waals surface area contributed by atoms with Crippen LogP contribution in [0.4, 0.5) is 5.69 Å². The molecule has 1 aliphatic rings. The van der Waals surface area contributed by atoms with Gasteiger partial charge < -0.3 is 9.30 Å². The Morgan fingerprint density at radius 1 is 1.00 bits per heavy atom. The molecule has 0 bridgehead atoms. The van der Waals surface area contributed by atoms with Gasteiger partial charge in [-0.25, -0.2) is 8.42 Å². The molecule has 0 unspecified atom stereocenters. The zero-order valence-corrected chi connectivity index (χ0v) is 21.8. The lowest BCUT2D eigenvalue weighted by molar-refractivity contribution is -0.143. The SMILES string of the molecule is CCOC(=O)Cn1c(=NC(=O)c2ccc(S(=O)(=O)N3CCCc4ccccc43)cc2)sc2ccccc21. The molecule has 0 N–H and O–H groups in total. The second kappa shape index (κ2) is 10.3.